The van der Waals surface area contributed by atoms with Gasteiger partial charge in [-0.3, -0.25) is 19.2 Å². The molecule has 126 valence electrons. The van der Waals surface area contributed by atoms with Gasteiger partial charge in [-0.2, -0.15) is 0 Å². The molecule has 0 unspecified atom stereocenters. The number of sulfonamides is 1. The molecule has 2 rings (SSSR count). The normalized spacial score (nSPS) is 17.0. The average molecular weight is 338 g/mol. The molecule has 0 bridgehead atoms. The third-order valence-electron chi connectivity index (χ3n) is 3.88. The van der Waals surface area contributed by atoms with Gasteiger partial charge >= 0.3 is 0 Å². The standard InChI is InChI=1S/C16H22N2O4S/c1-12(19)11-18-9-7-14(8-10-18)16(20)13-3-5-15(6-4-13)17-23(2,21)22/h3-6,14,17H,7-11H2,1-2H3. The lowest BCUT2D eigenvalue weighted by Gasteiger charge is -2.30. The van der Waals surface area contributed by atoms with Gasteiger partial charge in [-0.25, -0.2) is 8.42 Å². The summed E-state index contributed by atoms with van der Waals surface area (Å²) in [6.07, 6.45) is 2.58. The zero-order valence-electron chi connectivity index (χ0n) is 13.4. The van der Waals surface area contributed by atoms with E-state index in [1.165, 1.54) is 0 Å². The molecule has 1 fully saturated rings. The van der Waals surface area contributed by atoms with Crippen molar-refractivity contribution < 1.29 is 18.0 Å². The lowest BCUT2D eigenvalue weighted by molar-refractivity contribution is -0.118. The molecule has 6 nitrogen and oxygen atoms in total. The van der Waals surface area contributed by atoms with Gasteiger partial charge in [-0.1, -0.05) is 0 Å². The molecule has 0 radical (unpaired) electrons. The molecule has 1 N–H and O–H groups in total. The summed E-state index contributed by atoms with van der Waals surface area (Å²) in [5.41, 5.74) is 1.04. The van der Waals surface area contributed by atoms with Crippen molar-refractivity contribution >= 4 is 27.3 Å². The highest BCUT2D eigenvalue weighted by atomic mass is 32.2. The van der Waals surface area contributed by atoms with E-state index in [9.17, 15) is 18.0 Å². The van der Waals surface area contributed by atoms with Crippen molar-refractivity contribution in [2.75, 3.05) is 30.6 Å². The maximum atomic E-state index is 12.5. The summed E-state index contributed by atoms with van der Waals surface area (Å²) in [6.45, 7) is 3.53. The Morgan fingerprint density at radius 2 is 1.74 bits per heavy atom. The Bertz CT molecular complexity index is 675. The monoisotopic (exact) mass is 338 g/mol. The number of Topliss-reactive ketones (excluding diaryl/α,β-unsaturated/α-hetero) is 2. The van der Waals surface area contributed by atoms with Gasteiger partial charge in [0.05, 0.1) is 12.8 Å². The number of anilines is 1. The number of piperidine rings is 1. The van der Waals surface area contributed by atoms with E-state index in [0.29, 0.717) is 17.8 Å². The Morgan fingerprint density at radius 1 is 1.17 bits per heavy atom. The largest absolute Gasteiger partial charge is 0.299 e. The summed E-state index contributed by atoms with van der Waals surface area (Å²) < 4.78 is 24.7. The predicted octanol–water partition coefficient (Wildman–Crippen LogP) is 1.54. The smallest absolute Gasteiger partial charge is 0.229 e. The first-order chi connectivity index (χ1) is 10.7. The van der Waals surface area contributed by atoms with Crippen molar-refractivity contribution in [3.8, 4) is 0 Å². The quantitative estimate of drug-likeness (QED) is 0.796. The topological polar surface area (TPSA) is 83.6 Å². The summed E-state index contributed by atoms with van der Waals surface area (Å²) in [7, 11) is -3.31. The molecule has 1 aromatic rings. The number of hydrogen-bond acceptors (Lipinski definition) is 5. The van der Waals surface area contributed by atoms with Crippen LogP contribution in [0.4, 0.5) is 5.69 Å². The van der Waals surface area contributed by atoms with Gasteiger partial charge in [0.2, 0.25) is 10.0 Å². The van der Waals surface area contributed by atoms with Crippen molar-refractivity contribution in [2.24, 2.45) is 5.92 Å². The van der Waals surface area contributed by atoms with Gasteiger partial charge < -0.3 is 0 Å². The Balaban J connectivity index is 1.95. The van der Waals surface area contributed by atoms with Crippen LogP contribution in [0.25, 0.3) is 0 Å². The number of nitrogens with one attached hydrogen (secondary N) is 1. The first-order valence-electron chi connectivity index (χ1n) is 7.58. The molecule has 1 aromatic carbocycles. The molecular weight excluding hydrogens is 316 g/mol. The van der Waals surface area contributed by atoms with E-state index in [2.05, 4.69) is 9.62 Å². The average Bonchev–Trinajstić information content (AvgIpc) is 2.46. The van der Waals surface area contributed by atoms with Crippen molar-refractivity contribution in [1.29, 1.82) is 0 Å². The van der Waals surface area contributed by atoms with Crippen LogP contribution in [0.1, 0.15) is 30.1 Å². The summed E-state index contributed by atoms with van der Waals surface area (Å²) in [4.78, 5) is 25.7. The molecule has 0 aliphatic carbocycles. The highest BCUT2D eigenvalue weighted by Gasteiger charge is 2.26. The summed E-state index contributed by atoms with van der Waals surface area (Å²) in [5, 5.41) is 0. The highest BCUT2D eigenvalue weighted by molar-refractivity contribution is 7.92. The summed E-state index contributed by atoms with van der Waals surface area (Å²) in [6, 6.07) is 6.49. The van der Waals surface area contributed by atoms with E-state index in [1.807, 2.05) is 0 Å². The van der Waals surface area contributed by atoms with Crippen molar-refractivity contribution in [1.82, 2.24) is 4.90 Å². The first-order valence-corrected chi connectivity index (χ1v) is 9.47. The Hall–Kier alpha value is -1.73. The first kappa shape index (κ1) is 17.6. The van der Waals surface area contributed by atoms with Crippen LogP contribution in [-0.2, 0) is 14.8 Å². The molecule has 0 saturated carbocycles. The molecule has 0 aromatic heterocycles. The number of benzene rings is 1. The minimum atomic E-state index is -3.31. The van der Waals surface area contributed by atoms with Crippen LogP contribution in [0.2, 0.25) is 0 Å². The van der Waals surface area contributed by atoms with E-state index in [4.69, 9.17) is 0 Å². The van der Waals surface area contributed by atoms with Crippen molar-refractivity contribution in [2.45, 2.75) is 19.8 Å². The number of rotatable bonds is 6. The van der Waals surface area contributed by atoms with Crippen molar-refractivity contribution in [3.63, 3.8) is 0 Å². The van der Waals surface area contributed by atoms with Crippen LogP contribution in [0.5, 0.6) is 0 Å². The molecule has 1 aliphatic rings. The van der Waals surface area contributed by atoms with Crippen LogP contribution in [-0.4, -0.2) is 50.8 Å². The zero-order valence-corrected chi connectivity index (χ0v) is 14.2. The Kier molecular flexibility index (Phi) is 5.54. The second kappa shape index (κ2) is 7.23. The van der Waals surface area contributed by atoms with Gasteiger partial charge in [0, 0.05) is 17.2 Å². The second-order valence-electron chi connectivity index (χ2n) is 6.07. The van der Waals surface area contributed by atoms with Crippen LogP contribution < -0.4 is 4.72 Å². The molecule has 0 amide bonds. The lowest BCUT2D eigenvalue weighted by Crippen LogP contribution is -2.38. The summed E-state index contributed by atoms with van der Waals surface area (Å²) >= 11 is 0. The molecule has 23 heavy (non-hydrogen) atoms. The van der Waals surface area contributed by atoms with Gasteiger partial charge in [-0.15, -0.1) is 0 Å². The fourth-order valence-electron chi connectivity index (χ4n) is 2.82. The van der Waals surface area contributed by atoms with E-state index >= 15 is 0 Å². The Labute approximate surface area is 136 Å². The molecule has 0 spiro atoms. The predicted molar refractivity (Wildman–Crippen MR) is 89.1 cm³/mol. The molecular formula is C16H22N2O4S. The van der Waals surface area contributed by atoms with Crippen LogP contribution in [0.15, 0.2) is 24.3 Å². The van der Waals surface area contributed by atoms with E-state index in [1.54, 1.807) is 31.2 Å². The van der Waals surface area contributed by atoms with Gasteiger partial charge in [0.25, 0.3) is 0 Å². The van der Waals surface area contributed by atoms with Gasteiger partial charge in [-0.05, 0) is 57.1 Å². The molecule has 7 heteroatoms. The fourth-order valence-corrected chi connectivity index (χ4v) is 3.38. The van der Waals surface area contributed by atoms with E-state index in [0.717, 1.165) is 32.2 Å². The summed E-state index contributed by atoms with van der Waals surface area (Å²) in [5.74, 6) is 0.189. The third-order valence-corrected chi connectivity index (χ3v) is 4.48. The Morgan fingerprint density at radius 3 is 2.22 bits per heavy atom. The third kappa shape index (κ3) is 5.44. The molecule has 0 atom stereocenters. The van der Waals surface area contributed by atoms with Crippen LogP contribution in [0.3, 0.4) is 0 Å². The second-order valence-corrected chi connectivity index (χ2v) is 7.82. The zero-order chi connectivity index (χ0) is 17.0. The van der Waals surface area contributed by atoms with Crippen LogP contribution in [0, 0.1) is 5.92 Å². The van der Waals surface area contributed by atoms with Gasteiger partial charge in [0.15, 0.2) is 5.78 Å². The molecule has 1 aliphatic heterocycles. The number of hydrogen-bond donors (Lipinski definition) is 1. The van der Waals surface area contributed by atoms with Gasteiger partial charge in [0.1, 0.15) is 5.78 Å². The van der Waals surface area contributed by atoms with E-state index < -0.39 is 10.0 Å². The highest BCUT2D eigenvalue weighted by Crippen LogP contribution is 2.22. The fraction of sp³-hybridized carbons (Fsp3) is 0.500. The number of likely N-dealkylation sites (tertiary alicyclic amines) is 1. The van der Waals surface area contributed by atoms with Crippen molar-refractivity contribution in [3.05, 3.63) is 29.8 Å². The SMILES string of the molecule is CC(=O)CN1CCC(C(=O)c2ccc(NS(C)(=O)=O)cc2)CC1. The maximum Gasteiger partial charge on any atom is 0.229 e. The number of carbonyl (C=O) groups excluding carboxylic acids is 2. The maximum absolute atomic E-state index is 12.5. The number of nitrogens with zero attached hydrogens (tertiary/aromatic N) is 1. The lowest BCUT2D eigenvalue weighted by atomic mass is 9.89. The van der Waals surface area contributed by atoms with E-state index in [-0.39, 0.29) is 17.5 Å². The molecule has 1 saturated heterocycles. The molecule has 1 heterocycles. The number of carbonyl (C=O) groups is 2. The van der Waals surface area contributed by atoms with Crippen LogP contribution >= 0.6 is 0 Å². The minimum Gasteiger partial charge on any atom is -0.299 e. The minimum absolute atomic E-state index is 0.0353. The number of ketones is 2.